The zero-order chi connectivity index (χ0) is 36.5. The average molecular weight is 686 g/mol. The summed E-state index contributed by atoms with van der Waals surface area (Å²) < 4.78 is 36.8. The second kappa shape index (κ2) is 15.6. The molecule has 3 saturated heterocycles. The molecule has 0 aromatic heterocycles. The highest BCUT2D eigenvalue weighted by Gasteiger charge is 2.57. The minimum absolute atomic E-state index is 0.00132. The Morgan fingerprint density at radius 1 is 1.04 bits per heavy atom. The topological polar surface area (TPSA) is 185 Å². The minimum atomic E-state index is -1.51. The van der Waals surface area contributed by atoms with Gasteiger partial charge in [-0.25, -0.2) is 9.59 Å². The first-order valence-corrected chi connectivity index (χ1v) is 17.2. The Morgan fingerprint density at radius 3 is 2.21 bits per heavy atom. The molecule has 15 atom stereocenters. The molecular formula is C34H59N3O11. The monoisotopic (exact) mass is 685 g/mol. The van der Waals surface area contributed by atoms with E-state index in [0.717, 1.165) is 0 Å². The van der Waals surface area contributed by atoms with E-state index in [4.69, 9.17) is 34.2 Å². The minimum Gasteiger partial charge on any atom is -0.455 e. The van der Waals surface area contributed by atoms with E-state index in [1.165, 1.54) is 6.92 Å². The summed E-state index contributed by atoms with van der Waals surface area (Å²) in [7, 11) is 3.76. The van der Waals surface area contributed by atoms with Crippen LogP contribution in [0.1, 0.15) is 88.5 Å². The number of nitrogens with one attached hydrogen (secondary N) is 1. The number of rotatable bonds is 6. The number of carbonyl (C=O) groups is 4. The first-order valence-electron chi connectivity index (χ1n) is 17.2. The first-order chi connectivity index (χ1) is 22.2. The van der Waals surface area contributed by atoms with Crippen LogP contribution in [0.3, 0.4) is 0 Å². The van der Waals surface area contributed by atoms with Gasteiger partial charge in [-0.05, 0) is 66.0 Å². The molecule has 0 aliphatic carbocycles. The van der Waals surface area contributed by atoms with E-state index < -0.39 is 90.0 Å². The molecule has 14 nitrogen and oxygen atoms in total. The van der Waals surface area contributed by atoms with Crippen LogP contribution in [-0.4, -0.2) is 108 Å². The number of likely N-dealkylation sites (N-methyl/N-ethyl adjacent to an activating group) is 1. The van der Waals surface area contributed by atoms with Gasteiger partial charge in [0, 0.05) is 24.7 Å². The maximum Gasteiger partial charge on any atom is 0.408 e. The van der Waals surface area contributed by atoms with Gasteiger partial charge in [0.25, 0.3) is 0 Å². The second-order valence-electron chi connectivity index (χ2n) is 14.9. The van der Waals surface area contributed by atoms with E-state index in [9.17, 15) is 24.3 Å². The summed E-state index contributed by atoms with van der Waals surface area (Å²) >= 11 is 0. The number of aliphatic hydroxyl groups is 1. The third-order valence-electron chi connectivity index (χ3n) is 11.0. The van der Waals surface area contributed by atoms with Crippen molar-refractivity contribution in [3.63, 3.8) is 0 Å². The van der Waals surface area contributed by atoms with Gasteiger partial charge in [0.1, 0.15) is 23.6 Å². The largest absolute Gasteiger partial charge is 0.455 e. The maximum absolute atomic E-state index is 14.2. The molecule has 3 rings (SSSR count). The van der Waals surface area contributed by atoms with Crippen molar-refractivity contribution in [3.05, 3.63) is 0 Å². The number of Topliss-reactive ketones (excluding diaryl/α,β-unsaturated/α-hetero) is 1. The van der Waals surface area contributed by atoms with Crippen LogP contribution in [0.25, 0.3) is 0 Å². The van der Waals surface area contributed by atoms with Crippen molar-refractivity contribution in [1.82, 2.24) is 10.2 Å². The van der Waals surface area contributed by atoms with E-state index >= 15 is 0 Å². The van der Waals surface area contributed by atoms with Crippen molar-refractivity contribution in [3.8, 4) is 0 Å². The van der Waals surface area contributed by atoms with Crippen molar-refractivity contribution >= 4 is 23.9 Å². The molecule has 4 N–H and O–H groups in total. The summed E-state index contributed by atoms with van der Waals surface area (Å²) in [5.74, 6) is -3.52. The van der Waals surface area contributed by atoms with Crippen molar-refractivity contribution in [2.75, 3.05) is 14.1 Å². The third-order valence-corrected chi connectivity index (χ3v) is 11.0. The van der Waals surface area contributed by atoms with Gasteiger partial charge in [0.05, 0.1) is 18.2 Å². The van der Waals surface area contributed by atoms with Gasteiger partial charge in [0.15, 0.2) is 24.3 Å². The Morgan fingerprint density at radius 2 is 1.67 bits per heavy atom. The smallest absolute Gasteiger partial charge is 0.408 e. The zero-order valence-electron chi connectivity index (χ0n) is 30.7. The molecule has 3 fully saturated rings. The number of carbonyl (C=O) groups excluding carboxylic acids is 4. The van der Waals surface area contributed by atoms with E-state index in [-0.39, 0.29) is 30.3 Å². The number of ketones is 1. The highest BCUT2D eigenvalue weighted by molar-refractivity contribution is 5.85. The summed E-state index contributed by atoms with van der Waals surface area (Å²) in [4.78, 5) is 53.6. The summed E-state index contributed by atoms with van der Waals surface area (Å²) in [6.07, 6.45) is -5.98. The Labute approximate surface area is 285 Å². The fraction of sp³-hybridized carbons (Fsp3) is 0.882. The van der Waals surface area contributed by atoms with Crippen LogP contribution < -0.4 is 11.1 Å². The van der Waals surface area contributed by atoms with Crippen LogP contribution in [0.4, 0.5) is 9.59 Å². The fourth-order valence-electron chi connectivity index (χ4n) is 8.09. The lowest BCUT2D eigenvalue weighted by atomic mass is 9.71. The Kier molecular flexibility index (Phi) is 13.0. The van der Waals surface area contributed by atoms with Crippen LogP contribution in [0.5, 0.6) is 0 Å². The number of nitrogens with two attached hydrogens (primary N) is 1. The molecule has 0 saturated carbocycles. The van der Waals surface area contributed by atoms with Gasteiger partial charge in [-0.3, -0.25) is 9.59 Å². The number of hydrogen-bond acceptors (Lipinski definition) is 12. The average Bonchev–Trinajstić information content (AvgIpc) is 3.30. The summed E-state index contributed by atoms with van der Waals surface area (Å²) in [6, 6.07) is -1.02. The molecule has 0 aromatic rings. The molecule has 0 spiro atoms. The zero-order valence-corrected chi connectivity index (χ0v) is 30.7. The van der Waals surface area contributed by atoms with Gasteiger partial charge in [-0.15, -0.1) is 0 Å². The maximum atomic E-state index is 14.2. The molecule has 0 bridgehead atoms. The van der Waals surface area contributed by atoms with Crippen molar-refractivity contribution < 1.29 is 52.7 Å². The molecule has 0 radical (unpaired) electrons. The predicted molar refractivity (Wildman–Crippen MR) is 174 cm³/mol. The Balaban J connectivity index is 2.18. The number of ether oxygens (including phenoxy) is 6. The van der Waals surface area contributed by atoms with Crippen molar-refractivity contribution in [1.29, 1.82) is 0 Å². The lowest BCUT2D eigenvalue weighted by Gasteiger charge is -2.49. The van der Waals surface area contributed by atoms with E-state index in [1.54, 1.807) is 27.7 Å². The van der Waals surface area contributed by atoms with Gasteiger partial charge in [-0.2, -0.15) is 0 Å². The normalized spacial score (nSPS) is 44.6. The molecule has 2 amide bonds. The summed E-state index contributed by atoms with van der Waals surface area (Å²) in [6.45, 7) is 17.6. The van der Waals surface area contributed by atoms with E-state index in [2.05, 4.69) is 5.32 Å². The molecule has 3 heterocycles. The molecule has 14 heteroatoms. The molecule has 276 valence electrons. The quantitative estimate of drug-likeness (QED) is 0.274. The van der Waals surface area contributed by atoms with Crippen LogP contribution in [-0.2, 0) is 38.0 Å². The lowest BCUT2D eigenvalue weighted by molar-refractivity contribution is -0.300. The highest BCUT2D eigenvalue weighted by Crippen LogP contribution is 2.43. The SMILES string of the molecule is CC[C@H]1OC(O)[C@H](C)[C@@H](C)[C@H](C)[C@@H](O[C@@H]2O[C@H](C)C[C@H](N(C)C)[C@H]2OC(C)=O)[C@](C)(OC(N)=O)C[C@@H](C)C(=O)[C@H](C)[C@H]2NC(=O)O[C@@]21C. The standard InChI is InChI=1S/C34H59N3O11/c1-13-24-34(10)27(36-32(42)48-34)21(7)25(39)16(2)15-33(9,47-31(35)41)28(19(5)18(4)20(6)29(40)45-24)46-30-26(44-22(8)38)23(37(11)12)14-17(3)43-30/h16-21,23-24,26-30,40H,13-15H2,1-12H3,(H2,35,41)(H,36,42)/t16-,17-,18+,19+,20-,21+,23+,24-,26-,27-,28-,29?,30+,33-,34-/m1/s1. The Hall–Kier alpha value is -2.52. The fourth-order valence-corrected chi connectivity index (χ4v) is 8.09. The van der Waals surface area contributed by atoms with E-state index in [1.807, 2.05) is 53.6 Å². The molecule has 0 aromatic carbocycles. The van der Waals surface area contributed by atoms with Gasteiger partial charge < -0.3 is 49.5 Å². The third kappa shape index (κ3) is 8.43. The number of amides is 2. The number of alkyl carbamates (subject to hydrolysis) is 1. The number of esters is 1. The number of primary amides is 1. The lowest BCUT2D eigenvalue weighted by Crippen LogP contribution is -2.61. The summed E-state index contributed by atoms with van der Waals surface area (Å²) in [5.41, 5.74) is 2.91. The van der Waals surface area contributed by atoms with Crippen LogP contribution in [0.2, 0.25) is 0 Å². The predicted octanol–water partition coefficient (Wildman–Crippen LogP) is 3.36. The second-order valence-corrected chi connectivity index (χ2v) is 14.9. The first kappa shape index (κ1) is 39.9. The molecule has 3 aliphatic rings. The van der Waals surface area contributed by atoms with Crippen molar-refractivity contribution in [2.24, 2.45) is 35.3 Å². The number of hydrogen-bond donors (Lipinski definition) is 3. The van der Waals surface area contributed by atoms with Crippen LogP contribution in [0, 0.1) is 29.6 Å². The van der Waals surface area contributed by atoms with Gasteiger partial charge >= 0.3 is 18.2 Å². The van der Waals surface area contributed by atoms with Gasteiger partial charge in [0.2, 0.25) is 0 Å². The van der Waals surface area contributed by atoms with Crippen LogP contribution >= 0.6 is 0 Å². The molecule has 3 aliphatic heterocycles. The molecule has 1 unspecified atom stereocenters. The van der Waals surface area contributed by atoms with E-state index in [0.29, 0.717) is 12.8 Å². The van der Waals surface area contributed by atoms with Crippen molar-refractivity contribution in [2.45, 2.75) is 149 Å². The molecular weight excluding hydrogens is 626 g/mol. The number of aliphatic hydroxyl groups excluding tert-OH is 1. The van der Waals surface area contributed by atoms with Crippen LogP contribution in [0.15, 0.2) is 0 Å². The number of fused-ring (bicyclic) bond motifs is 1. The Bertz CT molecular complexity index is 1170. The number of nitrogens with zero attached hydrogens (tertiary/aromatic N) is 1. The molecule has 48 heavy (non-hydrogen) atoms. The summed E-state index contributed by atoms with van der Waals surface area (Å²) in [5, 5.41) is 14.3. The van der Waals surface area contributed by atoms with Gasteiger partial charge in [-0.1, -0.05) is 41.5 Å². The highest BCUT2D eigenvalue weighted by atomic mass is 16.7.